The standard InChI is InChI=1S/C16H22F4N2O.2ClH/c1-2-3-4-14(22-9-7-21-8-10-22)12-5-6-15(13(17)11-12)23-16(18,19)20;;/h5-6,11,14,21H,2-4,7-10H2,1H3;2*1H/t14-;;/m1../s1. The third-order valence-electron chi connectivity index (χ3n) is 3.99. The average Bonchev–Trinajstić information content (AvgIpc) is 2.50. The summed E-state index contributed by atoms with van der Waals surface area (Å²) >= 11 is 0. The Kier molecular flexibility index (Phi) is 10.7. The Morgan fingerprint density at radius 1 is 1.20 bits per heavy atom. The number of hydrogen-bond acceptors (Lipinski definition) is 3. The minimum Gasteiger partial charge on any atom is -0.403 e. The van der Waals surface area contributed by atoms with E-state index in [1.807, 2.05) is 0 Å². The molecule has 0 spiro atoms. The van der Waals surface area contributed by atoms with E-state index in [4.69, 9.17) is 0 Å². The van der Waals surface area contributed by atoms with E-state index in [-0.39, 0.29) is 30.9 Å². The molecule has 2 rings (SSSR count). The molecule has 0 aromatic heterocycles. The molecule has 1 N–H and O–H groups in total. The van der Waals surface area contributed by atoms with E-state index in [0.29, 0.717) is 5.56 Å². The number of hydrogen-bond donors (Lipinski definition) is 1. The quantitative estimate of drug-likeness (QED) is 0.692. The summed E-state index contributed by atoms with van der Waals surface area (Å²) in [4.78, 5) is 2.26. The van der Waals surface area contributed by atoms with E-state index < -0.39 is 17.9 Å². The largest absolute Gasteiger partial charge is 0.573 e. The lowest BCUT2D eigenvalue weighted by atomic mass is 9.98. The van der Waals surface area contributed by atoms with Crippen molar-refractivity contribution < 1.29 is 22.3 Å². The monoisotopic (exact) mass is 406 g/mol. The maximum absolute atomic E-state index is 14.0. The zero-order chi connectivity index (χ0) is 16.9. The minimum absolute atomic E-state index is 0. The van der Waals surface area contributed by atoms with Gasteiger partial charge in [-0.15, -0.1) is 38.0 Å². The van der Waals surface area contributed by atoms with Gasteiger partial charge in [-0.1, -0.05) is 25.8 Å². The third-order valence-corrected chi connectivity index (χ3v) is 3.99. The van der Waals surface area contributed by atoms with E-state index in [9.17, 15) is 17.6 Å². The number of ether oxygens (including phenoxy) is 1. The molecule has 1 heterocycles. The van der Waals surface area contributed by atoms with Gasteiger partial charge in [-0.2, -0.15) is 0 Å². The number of benzene rings is 1. The van der Waals surface area contributed by atoms with Gasteiger partial charge in [0, 0.05) is 32.2 Å². The highest BCUT2D eigenvalue weighted by Gasteiger charge is 2.32. The fourth-order valence-electron chi connectivity index (χ4n) is 2.88. The van der Waals surface area contributed by atoms with Gasteiger partial charge >= 0.3 is 6.36 Å². The summed E-state index contributed by atoms with van der Waals surface area (Å²) in [6.07, 6.45) is -2.03. The zero-order valence-corrected chi connectivity index (χ0v) is 15.6. The first kappa shape index (κ1) is 24.2. The Labute approximate surface area is 157 Å². The molecule has 1 aromatic carbocycles. The molecule has 146 valence electrons. The van der Waals surface area contributed by atoms with E-state index in [1.165, 1.54) is 12.1 Å². The highest BCUT2D eigenvalue weighted by molar-refractivity contribution is 5.85. The van der Waals surface area contributed by atoms with Crippen molar-refractivity contribution in [3.63, 3.8) is 0 Å². The Balaban J connectivity index is 0.00000288. The van der Waals surface area contributed by atoms with Crippen molar-refractivity contribution in [3.8, 4) is 5.75 Å². The van der Waals surface area contributed by atoms with Crippen LogP contribution in [0.25, 0.3) is 0 Å². The highest BCUT2D eigenvalue weighted by Crippen LogP contribution is 2.32. The second-order valence-electron chi connectivity index (χ2n) is 5.68. The van der Waals surface area contributed by atoms with Gasteiger partial charge in [-0.3, -0.25) is 4.90 Å². The average molecular weight is 407 g/mol. The highest BCUT2D eigenvalue weighted by atomic mass is 35.5. The lowest BCUT2D eigenvalue weighted by Gasteiger charge is -2.35. The van der Waals surface area contributed by atoms with Crippen molar-refractivity contribution in [3.05, 3.63) is 29.6 Å². The molecule has 1 aliphatic heterocycles. The molecule has 0 radical (unpaired) electrons. The maximum atomic E-state index is 14.0. The smallest absolute Gasteiger partial charge is 0.403 e. The van der Waals surface area contributed by atoms with Crippen LogP contribution >= 0.6 is 24.8 Å². The van der Waals surface area contributed by atoms with Crippen LogP contribution in [0.5, 0.6) is 5.75 Å². The molecule has 0 bridgehead atoms. The van der Waals surface area contributed by atoms with Gasteiger partial charge in [-0.25, -0.2) is 4.39 Å². The van der Waals surface area contributed by atoms with Crippen molar-refractivity contribution >= 4 is 24.8 Å². The summed E-state index contributed by atoms with van der Waals surface area (Å²) in [5.74, 6) is -1.76. The predicted octanol–water partition coefficient (Wildman–Crippen LogP) is 4.70. The first-order chi connectivity index (χ1) is 10.9. The molecule has 1 aliphatic rings. The van der Waals surface area contributed by atoms with Crippen LogP contribution in [0.2, 0.25) is 0 Å². The fourth-order valence-corrected chi connectivity index (χ4v) is 2.88. The molecule has 0 unspecified atom stereocenters. The molecule has 1 fully saturated rings. The number of unbranched alkanes of at least 4 members (excludes halogenated alkanes) is 1. The van der Waals surface area contributed by atoms with Crippen molar-refractivity contribution in [1.82, 2.24) is 10.2 Å². The normalized spacial score (nSPS) is 16.5. The lowest BCUT2D eigenvalue weighted by Crippen LogP contribution is -2.45. The maximum Gasteiger partial charge on any atom is 0.573 e. The fraction of sp³-hybridized carbons (Fsp3) is 0.625. The van der Waals surface area contributed by atoms with Crippen LogP contribution in [-0.2, 0) is 0 Å². The van der Waals surface area contributed by atoms with Crippen molar-refractivity contribution in [1.29, 1.82) is 0 Å². The third kappa shape index (κ3) is 7.56. The summed E-state index contributed by atoms with van der Waals surface area (Å²) in [6.45, 7) is 5.49. The summed E-state index contributed by atoms with van der Waals surface area (Å²) < 4.78 is 54.4. The van der Waals surface area contributed by atoms with Gasteiger partial charge < -0.3 is 10.1 Å². The van der Waals surface area contributed by atoms with Crippen LogP contribution < -0.4 is 10.1 Å². The van der Waals surface area contributed by atoms with Crippen molar-refractivity contribution in [2.24, 2.45) is 0 Å². The summed E-state index contributed by atoms with van der Waals surface area (Å²) in [5.41, 5.74) is 0.701. The van der Waals surface area contributed by atoms with Crippen LogP contribution in [0.15, 0.2) is 18.2 Å². The minimum atomic E-state index is -4.89. The number of piperazine rings is 1. The van der Waals surface area contributed by atoms with Crippen LogP contribution in [0.1, 0.15) is 37.8 Å². The Morgan fingerprint density at radius 3 is 2.36 bits per heavy atom. The number of nitrogens with one attached hydrogen (secondary N) is 1. The summed E-state index contributed by atoms with van der Waals surface area (Å²) in [7, 11) is 0. The molecule has 1 aromatic rings. The van der Waals surface area contributed by atoms with Gasteiger partial charge in [0.15, 0.2) is 11.6 Å². The second-order valence-corrected chi connectivity index (χ2v) is 5.68. The van der Waals surface area contributed by atoms with Crippen LogP contribution in [0.4, 0.5) is 17.6 Å². The van der Waals surface area contributed by atoms with Crippen LogP contribution in [-0.4, -0.2) is 37.4 Å². The molecule has 0 saturated carbocycles. The molecule has 9 heteroatoms. The second kappa shape index (κ2) is 11.1. The SMILES string of the molecule is CCCC[C@H](c1ccc(OC(F)(F)F)c(F)c1)N1CCNCC1.Cl.Cl. The van der Waals surface area contributed by atoms with Gasteiger partial charge in [0.25, 0.3) is 0 Å². The molecule has 25 heavy (non-hydrogen) atoms. The lowest BCUT2D eigenvalue weighted by molar-refractivity contribution is -0.275. The topological polar surface area (TPSA) is 24.5 Å². The molecule has 3 nitrogen and oxygen atoms in total. The van der Waals surface area contributed by atoms with Crippen LogP contribution in [0.3, 0.4) is 0 Å². The molecule has 0 aliphatic carbocycles. The van der Waals surface area contributed by atoms with Crippen molar-refractivity contribution in [2.75, 3.05) is 26.2 Å². The van der Waals surface area contributed by atoms with E-state index >= 15 is 0 Å². The van der Waals surface area contributed by atoms with E-state index in [2.05, 4.69) is 21.9 Å². The van der Waals surface area contributed by atoms with Crippen molar-refractivity contribution in [2.45, 2.75) is 38.6 Å². The number of alkyl halides is 3. The molecule has 0 amide bonds. The van der Waals surface area contributed by atoms with Gasteiger partial charge in [0.1, 0.15) is 0 Å². The zero-order valence-electron chi connectivity index (χ0n) is 13.9. The molecular weight excluding hydrogens is 383 g/mol. The van der Waals surface area contributed by atoms with Crippen LogP contribution in [0, 0.1) is 5.82 Å². The van der Waals surface area contributed by atoms with Gasteiger partial charge in [0.2, 0.25) is 0 Å². The first-order valence-electron chi connectivity index (χ1n) is 7.90. The number of halogens is 6. The van der Waals surface area contributed by atoms with Gasteiger partial charge in [0.05, 0.1) is 0 Å². The summed E-state index contributed by atoms with van der Waals surface area (Å²) in [5, 5.41) is 3.26. The Hall–Kier alpha value is -0.760. The van der Waals surface area contributed by atoms with Gasteiger partial charge in [-0.05, 0) is 24.1 Å². The number of rotatable bonds is 6. The Morgan fingerprint density at radius 2 is 1.84 bits per heavy atom. The summed E-state index contributed by atoms with van der Waals surface area (Å²) in [6, 6.07) is 3.79. The Bertz CT molecular complexity index is 511. The molecular formula is C16H24Cl2F4N2O. The molecule has 1 atom stereocenters. The number of nitrogens with zero attached hydrogens (tertiary/aromatic N) is 1. The predicted molar refractivity (Wildman–Crippen MR) is 94.3 cm³/mol. The van der Waals surface area contributed by atoms with E-state index in [0.717, 1.165) is 51.5 Å². The molecule has 1 saturated heterocycles. The van der Waals surface area contributed by atoms with E-state index in [1.54, 1.807) is 0 Å². The first-order valence-corrected chi connectivity index (χ1v) is 7.90.